The first kappa shape index (κ1) is 15.9. The summed E-state index contributed by atoms with van der Waals surface area (Å²) in [7, 11) is 0. The first-order valence-electron chi connectivity index (χ1n) is 6.41. The van der Waals surface area contributed by atoms with Crippen molar-refractivity contribution in [2.45, 2.75) is 52.9 Å². The smallest absolute Gasteiger partial charge is 0.417 e. The molecule has 4 nitrogen and oxygen atoms in total. The molecule has 0 aliphatic carbocycles. The number of rotatable bonds is 8. The van der Waals surface area contributed by atoms with Crippen molar-refractivity contribution in [3.63, 3.8) is 0 Å². The molecule has 0 unspecified atom stereocenters. The molecule has 0 heterocycles. The molecule has 0 aromatic heterocycles. The van der Waals surface area contributed by atoms with Crippen molar-refractivity contribution in [1.82, 2.24) is 0 Å². The summed E-state index contributed by atoms with van der Waals surface area (Å²) in [4.78, 5) is 22.3. The summed E-state index contributed by atoms with van der Waals surface area (Å²) < 4.78 is 9.57. The van der Waals surface area contributed by atoms with Crippen LogP contribution < -0.4 is 0 Å². The highest BCUT2D eigenvalue weighted by Gasteiger charge is 2.16. The molecule has 0 bridgehead atoms. The number of esters is 2. The summed E-state index contributed by atoms with van der Waals surface area (Å²) in [6, 6.07) is 0. The molecule has 0 saturated carbocycles. The second-order valence-corrected chi connectivity index (χ2v) is 4.52. The first-order valence-corrected chi connectivity index (χ1v) is 6.41. The third-order valence-corrected chi connectivity index (χ3v) is 2.31. The molecule has 0 aliphatic rings. The van der Waals surface area contributed by atoms with E-state index in [1.165, 1.54) is 0 Å². The molecule has 0 fully saturated rings. The van der Waals surface area contributed by atoms with E-state index in [2.05, 4.69) is 20.8 Å². The third kappa shape index (κ3) is 9.85. The fourth-order valence-electron chi connectivity index (χ4n) is 1.29. The van der Waals surface area contributed by atoms with Gasteiger partial charge >= 0.3 is 11.9 Å². The van der Waals surface area contributed by atoms with Crippen LogP contribution in [-0.2, 0) is 19.1 Å². The topological polar surface area (TPSA) is 52.6 Å². The van der Waals surface area contributed by atoms with Crippen LogP contribution in [0, 0.1) is 5.92 Å². The van der Waals surface area contributed by atoms with Crippen LogP contribution in [0.5, 0.6) is 0 Å². The van der Waals surface area contributed by atoms with Gasteiger partial charge in [0.2, 0.25) is 0 Å². The van der Waals surface area contributed by atoms with Gasteiger partial charge in [0.25, 0.3) is 0 Å². The molecule has 0 aromatic rings. The minimum atomic E-state index is -0.870. The largest absolute Gasteiger partial charge is 0.457 e. The lowest BCUT2D eigenvalue weighted by atomic mass is 10.1. The van der Waals surface area contributed by atoms with E-state index in [4.69, 9.17) is 9.47 Å². The highest BCUT2D eigenvalue weighted by atomic mass is 16.6. The maximum atomic E-state index is 11.2. The predicted molar refractivity (Wildman–Crippen MR) is 65.5 cm³/mol. The van der Waals surface area contributed by atoms with Crippen LogP contribution in [-0.4, -0.2) is 25.2 Å². The van der Waals surface area contributed by atoms with Crippen LogP contribution in [0.2, 0.25) is 0 Å². The second kappa shape index (κ2) is 10.1. The fraction of sp³-hybridized carbons (Fsp3) is 0.846. The summed E-state index contributed by atoms with van der Waals surface area (Å²) in [5.74, 6) is -1.16. The zero-order valence-corrected chi connectivity index (χ0v) is 11.2. The maximum absolute atomic E-state index is 11.2. The fourth-order valence-corrected chi connectivity index (χ4v) is 1.29. The highest BCUT2D eigenvalue weighted by molar-refractivity contribution is 6.29. The van der Waals surface area contributed by atoms with Crippen molar-refractivity contribution in [3.8, 4) is 0 Å². The highest BCUT2D eigenvalue weighted by Crippen LogP contribution is 2.03. The zero-order valence-electron chi connectivity index (χ0n) is 11.2. The second-order valence-electron chi connectivity index (χ2n) is 4.52. The molecule has 0 radical (unpaired) electrons. The molecule has 0 N–H and O–H groups in total. The van der Waals surface area contributed by atoms with Crippen molar-refractivity contribution in [3.05, 3.63) is 0 Å². The van der Waals surface area contributed by atoms with Crippen LogP contribution in [0.3, 0.4) is 0 Å². The van der Waals surface area contributed by atoms with Crippen molar-refractivity contribution in [2.24, 2.45) is 5.92 Å². The Morgan fingerprint density at radius 3 is 1.94 bits per heavy atom. The average molecular weight is 244 g/mol. The van der Waals surface area contributed by atoms with Gasteiger partial charge in [-0.3, -0.25) is 0 Å². The SMILES string of the molecule is CCCCCOC(=O)C(=O)OCCCC(C)C. The molecule has 0 rings (SSSR count). The van der Waals surface area contributed by atoms with E-state index in [0.717, 1.165) is 32.1 Å². The van der Waals surface area contributed by atoms with Crippen molar-refractivity contribution < 1.29 is 19.1 Å². The molecule has 100 valence electrons. The van der Waals surface area contributed by atoms with E-state index in [-0.39, 0.29) is 0 Å². The Labute approximate surface area is 104 Å². The van der Waals surface area contributed by atoms with E-state index in [0.29, 0.717) is 19.1 Å². The lowest BCUT2D eigenvalue weighted by molar-refractivity contribution is -0.167. The number of unbranched alkanes of at least 4 members (excludes halogenated alkanes) is 2. The number of hydrogen-bond donors (Lipinski definition) is 0. The van der Waals surface area contributed by atoms with Gasteiger partial charge in [-0.25, -0.2) is 9.59 Å². The Morgan fingerprint density at radius 1 is 0.941 bits per heavy atom. The molecule has 0 aliphatic heterocycles. The van der Waals surface area contributed by atoms with E-state index in [9.17, 15) is 9.59 Å². The van der Waals surface area contributed by atoms with Gasteiger partial charge in [0.05, 0.1) is 13.2 Å². The van der Waals surface area contributed by atoms with Crippen molar-refractivity contribution >= 4 is 11.9 Å². The number of carbonyl (C=O) groups excluding carboxylic acids is 2. The summed E-state index contributed by atoms with van der Waals surface area (Å²) in [5.41, 5.74) is 0. The van der Waals surface area contributed by atoms with E-state index < -0.39 is 11.9 Å². The van der Waals surface area contributed by atoms with E-state index >= 15 is 0 Å². The molecule has 17 heavy (non-hydrogen) atoms. The molecule has 0 spiro atoms. The average Bonchev–Trinajstić information content (AvgIpc) is 2.29. The number of carbonyl (C=O) groups is 2. The molecule has 0 amide bonds. The Morgan fingerprint density at radius 2 is 1.47 bits per heavy atom. The van der Waals surface area contributed by atoms with E-state index in [1.807, 2.05) is 0 Å². The Kier molecular flexibility index (Phi) is 9.49. The first-order chi connectivity index (χ1) is 8.07. The number of ether oxygens (including phenoxy) is 2. The predicted octanol–water partition coefficient (Wildman–Crippen LogP) is 2.70. The molecular weight excluding hydrogens is 220 g/mol. The summed E-state index contributed by atoms with van der Waals surface area (Å²) in [5, 5.41) is 0. The van der Waals surface area contributed by atoms with Crippen LogP contribution >= 0.6 is 0 Å². The number of hydrogen-bond acceptors (Lipinski definition) is 4. The minimum Gasteiger partial charge on any atom is -0.457 e. The van der Waals surface area contributed by atoms with Gasteiger partial charge < -0.3 is 9.47 Å². The van der Waals surface area contributed by atoms with Crippen LogP contribution in [0.25, 0.3) is 0 Å². The van der Waals surface area contributed by atoms with Crippen molar-refractivity contribution in [2.75, 3.05) is 13.2 Å². The minimum absolute atomic E-state index is 0.293. The Balaban J connectivity index is 3.50. The van der Waals surface area contributed by atoms with Crippen LogP contribution in [0.15, 0.2) is 0 Å². The Bertz CT molecular complexity index is 223. The van der Waals surface area contributed by atoms with Gasteiger partial charge in [0.15, 0.2) is 0 Å². The molecular formula is C13H24O4. The summed E-state index contributed by atoms with van der Waals surface area (Å²) >= 11 is 0. The van der Waals surface area contributed by atoms with Gasteiger partial charge in [0.1, 0.15) is 0 Å². The lowest BCUT2D eigenvalue weighted by Gasteiger charge is -2.06. The normalized spacial score (nSPS) is 10.4. The molecule has 0 atom stereocenters. The maximum Gasteiger partial charge on any atom is 0.417 e. The molecule has 4 heteroatoms. The monoisotopic (exact) mass is 244 g/mol. The third-order valence-electron chi connectivity index (χ3n) is 2.31. The summed E-state index contributed by atoms with van der Waals surface area (Å²) in [6.45, 7) is 6.85. The molecule has 0 saturated heterocycles. The Hall–Kier alpha value is -1.06. The van der Waals surface area contributed by atoms with Crippen molar-refractivity contribution in [1.29, 1.82) is 0 Å². The van der Waals surface area contributed by atoms with Crippen LogP contribution in [0.1, 0.15) is 52.9 Å². The summed E-state index contributed by atoms with van der Waals surface area (Å²) in [6.07, 6.45) is 4.61. The molecule has 0 aromatic carbocycles. The van der Waals surface area contributed by atoms with E-state index in [1.54, 1.807) is 0 Å². The zero-order chi connectivity index (χ0) is 13.1. The van der Waals surface area contributed by atoms with Gasteiger partial charge in [-0.05, 0) is 25.2 Å². The standard InChI is InChI=1S/C13H24O4/c1-4-5-6-9-16-12(14)13(15)17-10-7-8-11(2)3/h11H,4-10H2,1-3H3. The van der Waals surface area contributed by atoms with Gasteiger partial charge in [-0.15, -0.1) is 0 Å². The van der Waals surface area contributed by atoms with Gasteiger partial charge in [0, 0.05) is 0 Å². The van der Waals surface area contributed by atoms with Crippen LogP contribution in [0.4, 0.5) is 0 Å². The quantitative estimate of drug-likeness (QED) is 0.374. The lowest BCUT2D eigenvalue weighted by Crippen LogP contribution is -2.21. The van der Waals surface area contributed by atoms with Gasteiger partial charge in [-0.2, -0.15) is 0 Å². The van der Waals surface area contributed by atoms with Gasteiger partial charge in [-0.1, -0.05) is 33.6 Å².